The van der Waals surface area contributed by atoms with Crippen LogP contribution in [0.25, 0.3) is 0 Å². The summed E-state index contributed by atoms with van der Waals surface area (Å²) in [7, 11) is 7.20. The molecule has 0 bridgehead atoms. The molecule has 2 fully saturated rings. The molecule has 2 heterocycles. The van der Waals surface area contributed by atoms with Crippen LogP contribution in [-0.2, 0) is 19.1 Å². The Kier molecular flexibility index (Phi) is 20.5. The van der Waals surface area contributed by atoms with Crippen molar-refractivity contribution in [2.24, 2.45) is 10.8 Å². The zero-order chi connectivity index (χ0) is 28.2. The van der Waals surface area contributed by atoms with Crippen molar-refractivity contribution < 1.29 is 23.9 Å². The highest BCUT2D eigenvalue weighted by Gasteiger charge is 2.39. The lowest BCUT2D eigenvalue weighted by Crippen LogP contribution is -2.49. The molecule has 38 heavy (non-hydrogen) atoms. The maximum atomic E-state index is 12.1. The number of hydrogen-bond donors (Lipinski definition) is 1. The monoisotopic (exact) mass is 586 g/mol. The van der Waals surface area contributed by atoms with E-state index in [1.165, 1.54) is 0 Å². The number of carbonyl (C=O) groups is 3. The minimum absolute atomic E-state index is 0. The van der Waals surface area contributed by atoms with E-state index in [-0.39, 0.29) is 53.6 Å². The molecule has 2 rings (SSSR count). The summed E-state index contributed by atoms with van der Waals surface area (Å²) in [6.45, 7) is 18.4. The normalized spacial score (nSPS) is 17.5. The van der Waals surface area contributed by atoms with Gasteiger partial charge in [0, 0.05) is 65.3 Å². The number of nitrogens with one attached hydrogen (secondary N) is 1. The molecule has 0 saturated carbocycles. The third kappa shape index (κ3) is 14.8. The first-order valence-corrected chi connectivity index (χ1v) is 13.2. The van der Waals surface area contributed by atoms with Gasteiger partial charge in [-0.25, -0.2) is 4.79 Å². The van der Waals surface area contributed by atoms with Crippen LogP contribution in [0.2, 0.25) is 0 Å². The van der Waals surface area contributed by atoms with Crippen LogP contribution in [-0.4, -0.2) is 106 Å². The number of nitrogens with zero attached hydrogens (tertiary/aromatic N) is 3. The zero-order valence-corrected chi connectivity index (χ0v) is 27.4. The van der Waals surface area contributed by atoms with Crippen molar-refractivity contribution >= 4 is 42.7 Å². The van der Waals surface area contributed by atoms with E-state index in [0.717, 1.165) is 39.1 Å². The smallest absolute Gasteiger partial charge is 0.410 e. The van der Waals surface area contributed by atoms with Crippen molar-refractivity contribution in [2.75, 3.05) is 67.6 Å². The molecule has 0 unspecified atom stereocenters. The van der Waals surface area contributed by atoms with Crippen molar-refractivity contribution in [1.82, 2.24) is 20.0 Å². The van der Waals surface area contributed by atoms with E-state index >= 15 is 0 Å². The van der Waals surface area contributed by atoms with E-state index < -0.39 is 5.60 Å². The van der Waals surface area contributed by atoms with Crippen LogP contribution < -0.4 is 5.32 Å². The predicted octanol–water partition coefficient (Wildman–Crippen LogP) is 4.46. The molecule has 0 aromatic rings. The van der Waals surface area contributed by atoms with Crippen LogP contribution in [0.4, 0.5) is 4.79 Å². The van der Waals surface area contributed by atoms with E-state index in [9.17, 15) is 14.4 Å². The van der Waals surface area contributed by atoms with Crippen molar-refractivity contribution in [3.05, 3.63) is 0 Å². The van der Waals surface area contributed by atoms with Gasteiger partial charge in [0.25, 0.3) is 0 Å². The molecule has 228 valence electrons. The maximum Gasteiger partial charge on any atom is 0.410 e. The van der Waals surface area contributed by atoms with Gasteiger partial charge in [0.05, 0.1) is 0 Å². The van der Waals surface area contributed by atoms with Gasteiger partial charge in [0.2, 0.25) is 11.8 Å². The van der Waals surface area contributed by atoms with Gasteiger partial charge in [0.15, 0.2) is 0 Å². The highest BCUT2D eigenvalue weighted by Crippen LogP contribution is 2.33. The van der Waals surface area contributed by atoms with E-state index in [1.807, 2.05) is 55.6 Å². The van der Waals surface area contributed by atoms with Gasteiger partial charge in [-0.05, 0) is 73.4 Å². The van der Waals surface area contributed by atoms with Crippen LogP contribution in [0.5, 0.6) is 0 Å². The molecule has 0 spiro atoms. The zero-order valence-electron chi connectivity index (χ0n) is 25.8. The van der Waals surface area contributed by atoms with Crippen molar-refractivity contribution in [3.8, 4) is 0 Å². The number of amides is 3. The Balaban J connectivity index is -0.000000554. The minimum atomic E-state index is -0.475. The summed E-state index contributed by atoms with van der Waals surface area (Å²) in [6, 6.07) is 0. The molecule has 3 amide bonds. The Morgan fingerprint density at radius 1 is 0.789 bits per heavy atom. The molecule has 0 aliphatic carbocycles. The third-order valence-corrected chi connectivity index (χ3v) is 6.48. The van der Waals surface area contributed by atoms with Crippen molar-refractivity contribution in [3.63, 3.8) is 0 Å². The lowest BCUT2D eigenvalue weighted by atomic mass is 9.79. The fourth-order valence-electron chi connectivity index (χ4n) is 4.20. The SMILES string of the molecule is CCOCC.CN(C)C(=O)C1(C)CCN(C(=O)OC(C)(C)C)CC1.CN(C)C(=O)C1(C)CCNCC1.Cl.Cl. The molecule has 0 atom stereocenters. The Morgan fingerprint density at radius 2 is 1.16 bits per heavy atom. The summed E-state index contributed by atoms with van der Waals surface area (Å²) >= 11 is 0. The summed E-state index contributed by atoms with van der Waals surface area (Å²) in [5, 5.41) is 3.26. The van der Waals surface area contributed by atoms with Gasteiger partial charge < -0.3 is 29.5 Å². The largest absolute Gasteiger partial charge is 0.444 e. The first-order chi connectivity index (χ1) is 16.5. The quantitative estimate of drug-likeness (QED) is 0.522. The fourth-order valence-corrected chi connectivity index (χ4v) is 4.20. The summed E-state index contributed by atoms with van der Waals surface area (Å²) in [6.07, 6.45) is 3.01. The summed E-state index contributed by atoms with van der Waals surface area (Å²) in [5.74, 6) is 0.403. The molecule has 0 aromatic carbocycles. The average molecular weight is 588 g/mol. The lowest BCUT2D eigenvalue weighted by Gasteiger charge is -2.39. The molecule has 0 radical (unpaired) electrons. The van der Waals surface area contributed by atoms with Gasteiger partial charge in [-0.1, -0.05) is 13.8 Å². The number of ether oxygens (including phenoxy) is 2. The Morgan fingerprint density at radius 3 is 1.45 bits per heavy atom. The predicted molar refractivity (Wildman–Crippen MR) is 159 cm³/mol. The van der Waals surface area contributed by atoms with Crippen LogP contribution in [0.3, 0.4) is 0 Å². The van der Waals surface area contributed by atoms with Gasteiger partial charge >= 0.3 is 6.09 Å². The second kappa shape index (κ2) is 18.9. The molecular formula is C27H56Cl2N4O5. The van der Waals surface area contributed by atoms with Gasteiger partial charge in [0.1, 0.15) is 5.60 Å². The van der Waals surface area contributed by atoms with Gasteiger partial charge in [-0.3, -0.25) is 9.59 Å². The summed E-state index contributed by atoms with van der Waals surface area (Å²) in [5.41, 5.74) is -0.950. The standard InChI is InChI=1S/C14H26N2O3.C9H18N2O.C4H10O.2ClH/c1-13(2,3)19-12(18)16-9-7-14(4,8-10-16)11(17)15(5)6;1-9(8(12)11(2)3)4-6-10-7-5-9;1-3-5-4-2;;/h7-10H2,1-6H3;10H,4-7H2,1-3H3;3-4H2,1-2H3;2*1H. The van der Waals surface area contributed by atoms with E-state index in [1.54, 1.807) is 28.8 Å². The van der Waals surface area contributed by atoms with Crippen LogP contribution in [0.15, 0.2) is 0 Å². The van der Waals surface area contributed by atoms with E-state index in [4.69, 9.17) is 9.47 Å². The minimum Gasteiger partial charge on any atom is -0.444 e. The first kappa shape index (κ1) is 41.2. The molecule has 9 nitrogen and oxygen atoms in total. The highest BCUT2D eigenvalue weighted by atomic mass is 35.5. The number of hydrogen-bond acceptors (Lipinski definition) is 6. The van der Waals surface area contributed by atoms with Gasteiger partial charge in [-0.2, -0.15) is 0 Å². The van der Waals surface area contributed by atoms with E-state index in [0.29, 0.717) is 25.9 Å². The number of halogens is 2. The summed E-state index contributed by atoms with van der Waals surface area (Å²) in [4.78, 5) is 40.8. The Labute approximate surface area is 244 Å². The molecule has 2 aliphatic heterocycles. The fraction of sp³-hybridized carbons (Fsp3) is 0.889. The maximum absolute atomic E-state index is 12.1. The summed E-state index contributed by atoms with van der Waals surface area (Å²) < 4.78 is 10.2. The van der Waals surface area contributed by atoms with Crippen LogP contribution in [0.1, 0.15) is 74.1 Å². The second-order valence-electron chi connectivity index (χ2n) is 11.5. The Bertz CT molecular complexity index is 683. The first-order valence-electron chi connectivity index (χ1n) is 13.2. The number of likely N-dealkylation sites (tertiary alicyclic amines) is 1. The average Bonchev–Trinajstić information content (AvgIpc) is 2.79. The molecule has 1 N–H and O–H groups in total. The molecule has 0 aromatic heterocycles. The van der Waals surface area contributed by atoms with Crippen molar-refractivity contribution in [2.45, 2.75) is 79.8 Å². The molecular weight excluding hydrogens is 531 g/mol. The number of carbonyl (C=O) groups excluding carboxylic acids is 3. The van der Waals surface area contributed by atoms with Crippen molar-refractivity contribution in [1.29, 1.82) is 0 Å². The topological polar surface area (TPSA) is 91.4 Å². The van der Waals surface area contributed by atoms with Crippen LogP contribution in [0, 0.1) is 10.8 Å². The Hall–Kier alpha value is -1.29. The van der Waals surface area contributed by atoms with Gasteiger partial charge in [-0.15, -0.1) is 24.8 Å². The highest BCUT2D eigenvalue weighted by molar-refractivity contribution is 5.85. The number of rotatable bonds is 4. The molecule has 2 aliphatic rings. The second-order valence-corrected chi connectivity index (χ2v) is 11.5. The van der Waals surface area contributed by atoms with Crippen LogP contribution >= 0.6 is 24.8 Å². The molecule has 2 saturated heterocycles. The third-order valence-electron chi connectivity index (χ3n) is 6.48. The molecule has 11 heteroatoms. The van der Waals surface area contributed by atoms with E-state index in [2.05, 4.69) is 12.2 Å². The number of piperidine rings is 2. The lowest BCUT2D eigenvalue weighted by molar-refractivity contribution is -0.141.